The van der Waals surface area contributed by atoms with Gasteiger partial charge in [0.05, 0.1) is 13.0 Å². The molecule has 0 bridgehead atoms. The van der Waals surface area contributed by atoms with Crippen molar-refractivity contribution in [1.82, 2.24) is 9.80 Å². The first-order chi connectivity index (χ1) is 8.04. The van der Waals surface area contributed by atoms with E-state index in [9.17, 15) is 9.59 Å². The number of hydrogen-bond acceptors (Lipinski definition) is 4. The Labute approximate surface area is 101 Å². The van der Waals surface area contributed by atoms with Crippen LogP contribution in [0.1, 0.15) is 20.3 Å². The largest absolute Gasteiger partial charge is 0.481 e. The molecular weight excluding hydrogens is 224 g/mol. The number of hydrogen-bond donors (Lipinski definition) is 1. The molecule has 1 aliphatic rings. The molecular formula is C11H20N2O4. The standard InChI is InChI=1S/C11H20N2O4/c1-3-17-11(16)13-6-4-12(5-7-13)9(2)8-10(14)15/h9H,3-8H2,1-2H3,(H,14,15). The summed E-state index contributed by atoms with van der Waals surface area (Å²) < 4.78 is 4.92. The molecule has 1 atom stereocenters. The van der Waals surface area contributed by atoms with Crippen LogP contribution in [0.2, 0.25) is 0 Å². The molecule has 6 heteroatoms. The Bertz CT molecular complexity index is 275. The molecule has 0 aromatic carbocycles. The second-order valence-corrected chi connectivity index (χ2v) is 4.17. The highest BCUT2D eigenvalue weighted by Gasteiger charge is 2.25. The minimum atomic E-state index is -0.787. The molecule has 1 amide bonds. The third-order valence-electron chi connectivity index (χ3n) is 2.93. The van der Waals surface area contributed by atoms with Gasteiger partial charge in [0.1, 0.15) is 0 Å². The third kappa shape index (κ3) is 4.22. The van der Waals surface area contributed by atoms with E-state index in [2.05, 4.69) is 4.90 Å². The number of nitrogens with zero attached hydrogens (tertiary/aromatic N) is 2. The van der Waals surface area contributed by atoms with E-state index in [4.69, 9.17) is 9.84 Å². The lowest BCUT2D eigenvalue weighted by atomic mass is 10.2. The fraction of sp³-hybridized carbons (Fsp3) is 0.818. The second-order valence-electron chi connectivity index (χ2n) is 4.17. The maximum atomic E-state index is 11.4. The van der Waals surface area contributed by atoms with Gasteiger partial charge in [-0.1, -0.05) is 0 Å². The monoisotopic (exact) mass is 244 g/mol. The van der Waals surface area contributed by atoms with Gasteiger partial charge in [-0.3, -0.25) is 9.69 Å². The van der Waals surface area contributed by atoms with Crippen LogP contribution in [0.5, 0.6) is 0 Å². The maximum absolute atomic E-state index is 11.4. The second kappa shape index (κ2) is 6.44. The lowest BCUT2D eigenvalue weighted by Crippen LogP contribution is -2.51. The lowest BCUT2D eigenvalue weighted by molar-refractivity contribution is -0.138. The van der Waals surface area contributed by atoms with Crippen LogP contribution >= 0.6 is 0 Å². The molecule has 0 aliphatic carbocycles. The van der Waals surface area contributed by atoms with E-state index >= 15 is 0 Å². The number of rotatable bonds is 4. The van der Waals surface area contributed by atoms with Gasteiger partial charge >= 0.3 is 12.1 Å². The van der Waals surface area contributed by atoms with Crippen LogP contribution in [-0.4, -0.2) is 65.8 Å². The molecule has 0 spiro atoms. The molecule has 0 saturated carbocycles. The fourth-order valence-corrected chi connectivity index (χ4v) is 1.94. The number of carboxylic acids is 1. The predicted octanol–water partition coefficient (Wildman–Crippen LogP) is 0.624. The minimum Gasteiger partial charge on any atom is -0.481 e. The van der Waals surface area contributed by atoms with E-state index < -0.39 is 5.97 Å². The molecule has 1 N–H and O–H groups in total. The van der Waals surface area contributed by atoms with Crippen molar-refractivity contribution in [2.24, 2.45) is 0 Å². The average Bonchev–Trinajstić information content (AvgIpc) is 2.28. The number of amides is 1. The molecule has 0 aromatic heterocycles. The van der Waals surface area contributed by atoms with Crippen LogP contribution in [0.15, 0.2) is 0 Å². The summed E-state index contributed by atoms with van der Waals surface area (Å²) in [5.74, 6) is -0.787. The SMILES string of the molecule is CCOC(=O)N1CCN(C(C)CC(=O)O)CC1. The summed E-state index contributed by atoms with van der Waals surface area (Å²) in [4.78, 5) is 25.8. The molecule has 1 unspecified atom stereocenters. The van der Waals surface area contributed by atoms with Gasteiger partial charge < -0.3 is 14.7 Å². The first kappa shape index (κ1) is 13.8. The van der Waals surface area contributed by atoms with Crippen LogP contribution in [0.4, 0.5) is 4.79 Å². The van der Waals surface area contributed by atoms with Gasteiger partial charge in [0.2, 0.25) is 0 Å². The maximum Gasteiger partial charge on any atom is 0.409 e. The highest BCUT2D eigenvalue weighted by atomic mass is 16.6. The normalized spacial score (nSPS) is 18.8. The summed E-state index contributed by atoms with van der Waals surface area (Å²) in [5, 5.41) is 8.71. The van der Waals surface area contributed by atoms with Crippen molar-refractivity contribution in [3.8, 4) is 0 Å². The smallest absolute Gasteiger partial charge is 0.409 e. The van der Waals surface area contributed by atoms with Crippen molar-refractivity contribution in [2.75, 3.05) is 32.8 Å². The van der Waals surface area contributed by atoms with Crippen LogP contribution in [0.25, 0.3) is 0 Å². The summed E-state index contributed by atoms with van der Waals surface area (Å²) >= 11 is 0. The zero-order valence-electron chi connectivity index (χ0n) is 10.4. The topological polar surface area (TPSA) is 70.1 Å². The van der Waals surface area contributed by atoms with Crippen molar-refractivity contribution in [3.05, 3.63) is 0 Å². The summed E-state index contributed by atoms with van der Waals surface area (Å²) in [7, 11) is 0. The molecule has 17 heavy (non-hydrogen) atoms. The summed E-state index contributed by atoms with van der Waals surface area (Å²) in [6.07, 6.45) is -0.141. The molecule has 98 valence electrons. The number of ether oxygens (including phenoxy) is 1. The first-order valence-electron chi connectivity index (χ1n) is 5.92. The quantitative estimate of drug-likeness (QED) is 0.785. The number of aliphatic carboxylic acids is 1. The zero-order valence-corrected chi connectivity index (χ0v) is 10.4. The Hall–Kier alpha value is -1.30. The van der Waals surface area contributed by atoms with Crippen molar-refractivity contribution in [2.45, 2.75) is 26.3 Å². The van der Waals surface area contributed by atoms with Gasteiger partial charge in [-0.25, -0.2) is 4.79 Å². The van der Waals surface area contributed by atoms with E-state index in [0.717, 1.165) is 0 Å². The number of carbonyl (C=O) groups is 2. The molecule has 1 aliphatic heterocycles. The van der Waals surface area contributed by atoms with Crippen LogP contribution in [0, 0.1) is 0 Å². The molecule has 0 radical (unpaired) electrons. The Morgan fingerprint density at radius 2 is 1.88 bits per heavy atom. The summed E-state index contributed by atoms with van der Waals surface area (Å²) in [6, 6.07) is 0.0110. The Balaban J connectivity index is 2.34. The number of carbonyl (C=O) groups excluding carboxylic acids is 1. The molecule has 1 rings (SSSR count). The number of carboxylic acid groups (broad SMARTS) is 1. The average molecular weight is 244 g/mol. The molecule has 1 heterocycles. The van der Waals surface area contributed by atoms with Crippen LogP contribution < -0.4 is 0 Å². The molecule has 1 fully saturated rings. The van der Waals surface area contributed by atoms with Gasteiger partial charge in [-0.05, 0) is 13.8 Å². The Kier molecular flexibility index (Phi) is 5.21. The Morgan fingerprint density at radius 3 is 2.35 bits per heavy atom. The van der Waals surface area contributed by atoms with E-state index in [-0.39, 0.29) is 18.6 Å². The number of piperazine rings is 1. The first-order valence-corrected chi connectivity index (χ1v) is 5.92. The van der Waals surface area contributed by atoms with Crippen LogP contribution in [-0.2, 0) is 9.53 Å². The Morgan fingerprint density at radius 1 is 1.29 bits per heavy atom. The molecule has 6 nitrogen and oxygen atoms in total. The van der Waals surface area contributed by atoms with Crippen molar-refractivity contribution < 1.29 is 19.4 Å². The van der Waals surface area contributed by atoms with Crippen molar-refractivity contribution in [1.29, 1.82) is 0 Å². The van der Waals surface area contributed by atoms with Gasteiger partial charge in [0, 0.05) is 32.2 Å². The molecule has 1 saturated heterocycles. The van der Waals surface area contributed by atoms with Crippen molar-refractivity contribution in [3.63, 3.8) is 0 Å². The lowest BCUT2D eigenvalue weighted by Gasteiger charge is -2.37. The minimum absolute atomic E-state index is 0.0110. The van der Waals surface area contributed by atoms with Gasteiger partial charge in [-0.15, -0.1) is 0 Å². The van der Waals surface area contributed by atoms with Gasteiger partial charge in [0.15, 0.2) is 0 Å². The summed E-state index contributed by atoms with van der Waals surface area (Å²) in [6.45, 7) is 6.66. The third-order valence-corrected chi connectivity index (χ3v) is 2.93. The van der Waals surface area contributed by atoms with E-state index in [0.29, 0.717) is 32.8 Å². The van der Waals surface area contributed by atoms with Gasteiger partial charge in [0.25, 0.3) is 0 Å². The van der Waals surface area contributed by atoms with E-state index in [1.807, 2.05) is 6.92 Å². The fourth-order valence-electron chi connectivity index (χ4n) is 1.94. The predicted molar refractivity (Wildman–Crippen MR) is 61.9 cm³/mol. The van der Waals surface area contributed by atoms with Gasteiger partial charge in [-0.2, -0.15) is 0 Å². The van der Waals surface area contributed by atoms with Crippen molar-refractivity contribution >= 4 is 12.1 Å². The summed E-state index contributed by atoms with van der Waals surface area (Å²) in [5.41, 5.74) is 0. The molecule has 0 aromatic rings. The highest BCUT2D eigenvalue weighted by Crippen LogP contribution is 2.09. The van der Waals surface area contributed by atoms with E-state index in [1.54, 1.807) is 11.8 Å². The van der Waals surface area contributed by atoms with Crippen LogP contribution in [0.3, 0.4) is 0 Å². The highest BCUT2D eigenvalue weighted by molar-refractivity contribution is 5.68. The van der Waals surface area contributed by atoms with E-state index in [1.165, 1.54) is 0 Å². The zero-order chi connectivity index (χ0) is 12.8.